The van der Waals surface area contributed by atoms with Crippen LogP contribution in [-0.4, -0.2) is 128 Å². The average Bonchev–Trinajstić information content (AvgIpc) is 3.88. The van der Waals surface area contributed by atoms with E-state index in [1.54, 1.807) is 0 Å². The summed E-state index contributed by atoms with van der Waals surface area (Å²) >= 11 is 0. The van der Waals surface area contributed by atoms with Crippen molar-refractivity contribution in [2.45, 2.75) is 179 Å². The molecule has 2 aromatic heterocycles. The minimum absolute atomic E-state index is 0.284. The fourth-order valence-corrected chi connectivity index (χ4v) is 7.79. The Morgan fingerprint density at radius 2 is 0.885 bits per heavy atom. The first kappa shape index (κ1) is 36.8. The van der Waals surface area contributed by atoms with Gasteiger partial charge in [0, 0.05) is 13.1 Å². The highest BCUT2D eigenvalue weighted by molar-refractivity contribution is 5.02. The van der Waals surface area contributed by atoms with Gasteiger partial charge in [0.2, 0.25) is 0 Å². The zero-order chi connectivity index (χ0) is 36.5. The second kappa shape index (κ2) is 13.8. The maximum absolute atomic E-state index is 6.22. The van der Waals surface area contributed by atoms with Gasteiger partial charge in [-0.15, -0.1) is 10.2 Å². The van der Waals surface area contributed by atoms with E-state index in [2.05, 4.69) is 20.6 Å². The first-order valence-corrected chi connectivity index (χ1v) is 18.3. The lowest BCUT2D eigenvalue weighted by Gasteiger charge is -2.37. The van der Waals surface area contributed by atoms with Gasteiger partial charge in [-0.2, -0.15) is 0 Å². The standard InChI is InChI=1S/C34H52N6O12/c1-31(2)45-23-21(43-29-27(25(23)47-31)49-33(5,6)51-29)17-41-15-19-13-39(37-35-19)11-9-10-12-40-14-20(36-38-40)16-42-18-22-24-26(48-32(3,4)46-24)28-30(44-22)52-34(7,8)50-28/h13-14,21-30H,9-12,15-18H2,1-8H3/t21-,22-,23+,24+,25+,26+,27-,28-,29-,30-/m1/s1. The van der Waals surface area contributed by atoms with E-state index in [-0.39, 0.29) is 75.3 Å². The van der Waals surface area contributed by atoms with Crippen LogP contribution in [0.25, 0.3) is 0 Å². The summed E-state index contributed by atoms with van der Waals surface area (Å²) in [6.07, 6.45) is 1.63. The lowest BCUT2D eigenvalue weighted by atomic mass is 9.99. The average molecular weight is 737 g/mol. The molecule has 2 aromatic rings. The molecule has 0 N–H and O–H groups in total. The van der Waals surface area contributed by atoms with Crippen molar-refractivity contribution < 1.29 is 56.8 Å². The third-order valence-corrected chi connectivity index (χ3v) is 9.76. The molecule has 0 aliphatic carbocycles. The van der Waals surface area contributed by atoms with Gasteiger partial charge < -0.3 is 56.8 Å². The molecule has 0 bridgehead atoms. The van der Waals surface area contributed by atoms with Gasteiger partial charge in [-0.1, -0.05) is 10.4 Å². The summed E-state index contributed by atoms with van der Waals surface area (Å²) in [7, 11) is 0. The van der Waals surface area contributed by atoms with Crippen molar-refractivity contribution in [3.8, 4) is 0 Å². The van der Waals surface area contributed by atoms with Crippen molar-refractivity contribution in [3.63, 3.8) is 0 Å². The van der Waals surface area contributed by atoms with Crippen LogP contribution in [-0.2, 0) is 83.1 Å². The SMILES string of the molecule is CC1(C)O[C@H]2[C@@H](O1)[C@@H](COCc1cn(CCCCn3cc(COC[C@H]4O[C@@H]5OC(C)(C)O[C@@H]5[C@H]5OC(C)(C)O[C@H]54)nn3)nn1)O[C@@H]1OC(C)(C)O[C@@H]12. The Morgan fingerprint density at radius 1 is 0.519 bits per heavy atom. The lowest BCUT2D eigenvalue weighted by molar-refractivity contribution is -0.243. The fraction of sp³-hybridized carbons (Fsp3) is 0.882. The first-order valence-electron chi connectivity index (χ1n) is 18.3. The van der Waals surface area contributed by atoms with E-state index in [1.165, 1.54) is 0 Å². The van der Waals surface area contributed by atoms with Crippen molar-refractivity contribution in [2.24, 2.45) is 0 Å². The summed E-state index contributed by atoms with van der Waals surface area (Å²) in [5, 5.41) is 17.1. The molecule has 18 heteroatoms. The molecule has 8 rings (SSSR count). The number of fused-ring (bicyclic) bond motifs is 6. The van der Waals surface area contributed by atoms with E-state index in [0.717, 1.165) is 24.2 Å². The molecule has 8 heterocycles. The molecule has 0 saturated carbocycles. The highest BCUT2D eigenvalue weighted by Crippen LogP contribution is 2.45. The maximum Gasteiger partial charge on any atom is 0.190 e. The molecule has 6 saturated heterocycles. The molecule has 0 spiro atoms. The van der Waals surface area contributed by atoms with Crippen molar-refractivity contribution >= 4 is 0 Å². The van der Waals surface area contributed by atoms with Crippen LogP contribution < -0.4 is 0 Å². The van der Waals surface area contributed by atoms with Crippen LogP contribution in [0.15, 0.2) is 12.4 Å². The molecule has 10 atom stereocenters. The quantitative estimate of drug-likeness (QED) is 0.274. The minimum atomic E-state index is -0.766. The van der Waals surface area contributed by atoms with Crippen LogP contribution in [0.4, 0.5) is 0 Å². The van der Waals surface area contributed by atoms with Crippen LogP contribution in [0.2, 0.25) is 0 Å². The molecule has 290 valence electrons. The third-order valence-electron chi connectivity index (χ3n) is 9.76. The van der Waals surface area contributed by atoms with E-state index in [9.17, 15) is 0 Å². The molecule has 18 nitrogen and oxygen atoms in total. The Morgan fingerprint density at radius 3 is 1.31 bits per heavy atom. The van der Waals surface area contributed by atoms with Crippen molar-refractivity contribution in [3.05, 3.63) is 23.8 Å². The number of rotatable bonds is 13. The largest absolute Gasteiger partial charge is 0.372 e. The van der Waals surface area contributed by atoms with Gasteiger partial charge >= 0.3 is 0 Å². The molecule has 0 unspecified atom stereocenters. The predicted octanol–water partition coefficient (Wildman–Crippen LogP) is 2.18. The van der Waals surface area contributed by atoms with Gasteiger partial charge in [-0.3, -0.25) is 9.36 Å². The molecule has 0 aromatic carbocycles. The molecule has 52 heavy (non-hydrogen) atoms. The smallest absolute Gasteiger partial charge is 0.190 e. The van der Waals surface area contributed by atoms with E-state index >= 15 is 0 Å². The number of aryl methyl sites for hydroxylation is 2. The zero-order valence-electron chi connectivity index (χ0n) is 31.2. The minimum Gasteiger partial charge on any atom is -0.372 e. The van der Waals surface area contributed by atoms with E-state index in [1.807, 2.05) is 77.1 Å². The summed E-state index contributed by atoms with van der Waals surface area (Å²) in [6, 6.07) is 0. The highest BCUT2D eigenvalue weighted by Gasteiger charge is 2.62. The van der Waals surface area contributed by atoms with E-state index < -0.39 is 35.7 Å². The monoisotopic (exact) mass is 736 g/mol. The summed E-state index contributed by atoms with van der Waals surface area (Å²) in [5.74, 6) is -3.04. The maximum atomic E-state index is 6.22. The van der Waals surface area contributed by atoms with Crippen molar-refractivity contribution in [2.75, 3.05) is 13.2 Å². The predicted molar refractivity (Wildman–Crippen MR) is 174 cm³/mol. The molecular formula is C34H52N6O12. The second-order valence-electron chi connectivity index (χ2n) is 16.1. The Balaban J connectivity index is 0.742. The zero-order valence-corrected chi connectivity index (χ0v) is 31.2. The van der Waals surface area contributed by atoms with Gasteiger partial charge in [0.1, 0.15) is 60.2 Å². The van der Waals surface area contributed by atoms with Gasteiger partial charge in [0.25, 0.3) is 0 Å². The number of hydrogen-bond acceptors (Lipinski definition) is 16. The van der Waals surface area contributed by atoms with Gasteiger partial charge in [0.15, 0.2) is 35.7 Å². The first-order chi connectivity index (χ1) is 24.6. The third kappa shape index (κ3) is 7.94. The normalized spacial score (nSPS) is 37.8. The Kier molecular flexibility index (Phi) is 9.77. The topological polar surface area (TPSA) is 172 Å². The number of hydrogen-bond donors (Lipinski definition) is 0. The molecule has 0 radical (unpaired) electrons. The number of aromatic nitrogens is 6. The van der Waals surface area contributed by atoms with Crippen LogP contribution >= 0.6 is 0 Å². The van der Waals surface area contributed by atoms with Crippen molar-refractivity contribution in [1.82, 2.24) is 30.0 Å². The number of unbranched alkanes of at least 4 members (excludes halogenated alkanes) is 1. The number of nitrogens with zero attached hydrogens (tertiary/aromatic N) is 6. The molecule has 0 amide bonds. The van der Waals surface area contributed by atoms with E-state index in [4.69, 9.17) is 56.8 Å². The molecule has 6 aliphatic rings. The van der Waals surface area contributed by atoms with Crippen LogP contribution in [0.5, 0.6) is 0 Å². The summed E-state index contributed by atoms with van der Waals surface area (Å²) < 4.78 is 76.9. The van der Waals surface area contributed by atoms with Crippen molar-refractivity contribution in [1.29, 1.82) is 0 Å². The van der Waals surface area contributed by atoms with Gasteiger partial charge in [-0.05, 0) is 68.2 Å². The lowest BCUT2D eigenvalue weighted by Crippen LogP contribution is -2.56. The summed E-state index contributed by atoms with van der Waals surface area (Å²) in [5.41, 5.74) is 1.46. The molecule has 6 fully saturated rings. The van der Waals surface area contributed by atoms with Gasteiger partial charge in [0.05, 0.1) is 38.8 Å². The van der Waals surface area contributed by atoms with Crippen LogP contribution in [0, 0.1) is 0 Å². The van der Waals surface area contributed by atoms with Crippen LogP contribution in [0.3, 0.4) is 0 Å². The molecular weight excluding hydrogens is 684 g/mol. The highest BCUT2D eigenvalue weighted by atomic mass is 16.9. The molecule has 6 aliphatic heterocycles. The Bertz CT molecular complexity index is 1440. The van der Waals surface area contributed by atoms with E-state index in [0.29, 0.717) is 13.1 Å². The Hall–Kier alpha value is -2.20. The second-order valence-corrected chi connectivity index (χ2v) is 16.1. The number of ether oxygens (including phenoxy) is 12. The fourth-order valence-electron chi connectivity index (χ4n) is 7.79. The summed E-state index contributed by atoms with van der Waals surface area (Å²) in [4.78, 5) is 0. The summed E-state index contributed by atoms with van der Waals surface area (Å²) in [6.45, 7) is 17.6. The Labute approximate surface area is 302 Å². The van der Waals surface area contributed by atoms with Crippen LogP contribution in [0.1, 0.15) is 79.6 Å². The van der Waals surface area contributed by atoms with Gasteiger partial charge in [-0.25, -0.2) is 0 Å².